The third-order valence-corrected chi connectivity index (χ3v) is 2.77. The predicted molar refractivity (Wildman–Crippen MR) is 75.1 cm³/mol. The maximum Gasteiger partial charge on any atom is 0.410 e. The number of rotatable bonds is 3. The van der Waals surface area contributed by atoms with Gasteiger partial charge < -0.3 is 14.7 Å². The number of amides is 1. The zero-order chi connectivity index (χ0) is 14.6. The van der Waals surface area contributed by atoms with Crippen molar-refractivity contribution in [3.8, 4) is 0 Å². The van der Waals surface area contributed by atoms with E-state index in [0.29, 0.717) is 17.1 Å². The minimum atomic E-state index is -0.512. The fourth-order valence-electron chi connectivity index (χ4n) is 1.53. The Kier molecular flexibility index (Phi) is 5.20. The number of carbonyl (C=O) groups is 1. The lowest BCUT2D eigenvalue weighted by molar-refractivity contribution is 0.0285. The molecule has 1 N–H and O–H groups in total. The molecule has 0 saturated heterocycles. The number of hydrogen-bond acceptors (Lipinski definition) is 3. The number of halogens is 1. The predicted octanol–water partition coefficient (Wildman–Crippen LogP) is 3.20. The molecule has 1 rings (SSSR count). The summed E-state index contributed by atoms with van der Waals surface area (Å²) >= 11 is 5.92. The Morgan fingerprint density at radius 1 is 1.42 bits per heavy atom. The smallest absolute Gasteiger partial charge is 0.410 e. The van der Waals surface area contributed by atoms with Gasteiger partial charge in [-0.25, -0.2) is 4.79 Å². The van der Waals surface area contributed by atoms with E-state index in [9.17, 15) is 4.79 Å². The number of carbonyl (C=O) groups excluding carboxylic acids is 1. The van der Waals surface area contributed by atoms with Crippen LogP contribution in [0.25, 0.3) is 0 Å². The Bertz CT molecular complexity index is 454. The summed E-state index contributed by atoms with van der Waals surface area (Å²) < 4.78 is 5.26. The summed E-state index contributed by atoms with van der Waals surface area (Å²) in [7, 11) is 1.67. The highest BCUT2D eigenvalue weighted by atomic mass is 35.5. The summed E-state index contributed by atoms with van der Waals surface area (Å²) in [6.45, 7) is 5.75. The molecule has 0 atom stereocenters. The van der Waals surface area contributed by atoms with Crippen LogP contribution in [-0.2, 0) is 17.9 Å². The van der Waals surface area contributed by atoms with Crippen molar-refractivity contribution in [1.29, 1.82) is 0 Å². The summed E-state index contributed by atoms with van der Waals surface area (Å²) in [6, 6.07) is 5.32. The van der Waals surface area contributed by atoms with Gasteiger partial charge in [-0.3, -0.25) is 0 Å². The van der Waals surface area contributed by atoms with Crippen molar-refractivity contribution in [2.45, 2.75) is 39.5 Å². The van der Waals surface area contributed by atoms with E-state index in [0.717, 1.165) is 5.56 Å². The van der Waals surface area contributed by atoms with Gasteiger partial charge in [-0.15, -0.1) is 0 Å². The molecule has 0 aliphatic heterocycles. The van der Waals surface area contributed by atoms with Gasteiger partial charge in [0.2, 0.25) is 0 Å². The number of nitrogens with zero attached hydrogens (tertiary/aromatic N) is 1. The van der Waals surface area contributed by atoms with Crippen LogP contribution < -0.4 is 0 Å². The molecule has 106 valence electrons. The molecule has 0 radical (unpaired) electrons. The van der Waals surface area contributed by atoms with E-state index >= 15 is 0 Å². The van der Waals surface area contributed by atoms with Crippen LogP contribution in [0.4, 0.5) is 4.79 Å². The average molecular weight is 286 g/mol. The molecule has 0 fully saturated rings. The third-order valence-electron chi connectivity index (χ3n) is 2.41. The van der Waals surface area contributed by atoms with Crippen LogP contribution in [0.1, 0.15) is 31.9 Å². The fraction of sp³-hybridized carbons (Fsp3) is 0.500. The molecule has 19 heavy (non-hydrogen) atoms. The number of aliphatic hydroxyl groups excluding tert-OH is 1. The maximum atomic E-state index is 11.8. The first-order valence-corrected chi connectivity index (χ1v) is 6.43. The van der Waals surface area contributed by atoms with Crippen LogP contribution in [0.15, 0.2) is 18.2 Å². The highest BCUT2D eigenvalue weighted by Gasteiger charge is 2.19. The van der Waals surface area contributed by atoms with Gasteiger partial charge in [0, 0.05) is 18.6 Å². The zero-order valence-corrected chi connectivity index (χ0v) is 12.5. The summed E-state index contributed by atoms with van der Waals surface area (Å²) in [5.74, 6) is 0. The lowest BCUT2D eigenvalue weighted by Crippen LogP contribution is -2.33. The van der Waals surface area contributed by atoms with Gasteiger partial charge in [0.15, 0.2) is 0 Å². The van der Waals surface area contributed by atoms with E-state index in [1.807, 2.05) is 26.8 Å². The van der Waals surface area contributed by atoms with Crippen LogP contribution in [0, 0.1) is 0 Å². The molecular weight excluding hydrogens is 266 g/mol. The largest absolute Gasteiger partial charge is 0.444 e. The van der Waals surface area contributed by atoms with Crippen molar-refractivity contribution >= 4 is 17.7 Å². The van der Waals surface area contributed by atoms with Crippen molar-refractivity contribution < 1.29 is 14.6 Å². The molecular formula is C14H20ClNO3. The first kappa shape index (κ1) is 15.8. The SMILES string of the molecule is CN(Cc1ccc(Cl)c(CO)c1)C(=O)OC(C)(C)C. The first-order chi connectivity index (χ1) is 8.73. The lowest BCUT2D eigenvalue weighted by Gasteiger charge is -2.24. The second kappa shape index (κ2) is 6.26. The zero-order valence-electron chi connectivity index (χ0n) is 11.7. The summed E-state index contributed by atoms with van der Waals surface area (Å²) in [5, 5.41) is 9.67. The van der Waals surface area contributed by atoms with Crippen LogP contribution in [0.2, 0.25) is 5.02 Å². The minimum absolute atomic E-state index is 0.122. The molecule has 0 unspecified atom stereocenters. The van der Waals surface area contributed by atoms with Gasteiger partial charge in [-0.1, -0.05) is 23.7 Å². The molecule has 0 aliphatic carbocycles. The molecule has 1 aromatic carbocycles. The Hall–Kier alpha value is -1.26. The quantitative estimate of drug-likeness (QED) is 0.928. The second-order valence-corrected chi connectivity index (χ2v) is 5.83. The highest BCUT2D eigenvalue weighted by Crippen LogP contribution is 2.19. The summed E-state index contributed by atoms with van der Waals surface area (Å²) in [6.07, 6.45) is -0.381. The van der Waals surface area contributed by atoms with E-state index < -0.39 is 5.60 Å². The Labute approximate surface area is 118 Å². The maximum absolute atomic E-state index is 11.8. The normalized spacial score (nSPS) is 11.3. The summed E-state index contributed by atoms with van der Waals surface area (Å²) in [5.41, 5.74) is 1.03. The Morgan fingerprint density at radius 2 is 2.05 bits per heavy atom. The van der Waals surface area contributed by atoms with Gasteiger partial charge in [0.1, 0.15) is 5.60 Å². The van der Waals surface area contributed by atoms with Crippen molar-refractivity contribution in [3.63, 3.8) is 0 Å². The summed E-state index contributed by atoms with van der Waals surface area (Å²) in [4.78, 5) is 13.3. The third kappa shape index (κ3) is 5.09. The van der Waals surface area contributed by atoms with Gasteiger partial charge in [0.25, 0.3) is 0 Å². The van der Waals surface area contributed by atoms with Gasteiger partial charge in [-0.05, 0) is 38.0 Å². The molecule has 0 bridgehead atoms. The average Bonchev–Trinajstić information content (AvgIpc) is 2.29. The molecule has 1 aromatic rings. The Morgan fingerprint density at radius 3 is 2.58 bits per heavy atom. The molecule has 0 aromatic heterocycles. The van der Waals surface area contributed by atoms with E-state index in [2.05, 4.69) is 0 Å². The Balaban J connectivity index is 2.71. The van der Waals surface area contributed by atoms with Crippen LogP contribution in [0.5, 0.6) is 0 Å². The number of benzene rings is 1. The lowest BCUT2D eigenvalue weighted by atomic mass is 10.1. The van der Waals surface area contributed by atoms with Crippen molar-refractivity contribution in [2.75, 3.05) is 7.05 Å². The van der Waals surface area contributed by atoms with Gasteiger partial charge in [-0.2, -0.15) is 0 Å². The van der Waals surface area contributed by atoms with E-state index in [1.54, 1.807) is 19.2 Å². The molecule has 1 amide bonds. The first-order valence-electron chi connectivity index (χ1n) is 6.05. The molecule has 4 nitrogen and oxygen atoms in total. The minimum Gasteiger partial charge on any atom is -0.444 e. The number of ether oxygens (including phenoxy) is 1. The topological polar surface area (TPSA) is 49.8 Å². The molecule has 5 heteroatoms. The molecule has 0 saturated carbocycles. The van der Waals surface area contributed by atoms with Crippen molar-refractivity contribution in [1.82, 2.24) is 4.90 Å². The molecule has 0 spiro atoms. The van der Waals surface area contributed by atoms with Gasteiger partial charge in [0.05, 0.1) is 6.61 Å². The van der Waals surface area contributed by atoms with Crippen LogP contribution >= 0.6 is 11.6 Å². The monoisotopic (exact) mass is 285 g/mol. The van der Waals surface area contributed by atoms with E-state index in [4.69, 9.17) is 21.4 Å². The van der Waals surface area contributed by atoms with E-state index in [-0.39, 0.29) is 12.7 Å². The highest BCUT2D eigenvalue weighted by molar-refractivity contribution is 6.31. The fourth-order valence-corrected chi connectivity index (χ4v) is 1.70. The standard InChI is InChI=1S/C14H20ClNO3/c1-14(2,3)19-13(18)16(4)8-10-5-6-12(15)11(7-10)9-17/h5-7,17H,8-9H2,1-4H3. The molecule has 0 aliphatic rings. The van der Waals surface area contributed by atoms with Crippen LogP contribution in [-0.4, -0.2) is 28.7 Å². The number of aliphatic hydroxyl groups is 1. The van der Waals surface area contributed by atoms with Gasteiger partial charge >= 0.3 is 6.09 Å². The van der Waals surface area contributed by atoms with Crippen molar-refractivity contribution in [2.24, 2.45) is 0 Å². The molecule has 0 heterocycles. The van der Waals surface area contributed by atoms with E-state index in [1.165, 1.54) is 4.90 Å². The van der Waals surface area contributed by atoms with Crippen LogP contribution in [0.3, 0.4) is 0 Å². The second-order valence-electron chi connectivity index (χ2n) is 5.42. The van der Waals surface area contributed by atoms with Crippen molar-refractivity contribution in [3.05, 3.63) is 34.3 Å². The number of hydrogen-bond donors (Lipinski definition) is 1.